The van der Waals surface area contributed by atoms with Gasteiger partial charge in [-0.1, -0.05) is 0 Å². The molecular formula is C12H12N4O2S. The van der Waals surface area contributed by atoms with E-state index in [1.807, 2.05) is 13.0 Å². The Labute approximate surface area is 111 Å². The first-order chi connectivity index (χ1) is 9.03. The molecule has 0 atom stereocenters. The fourth-order valence-corrected chi connectivity index (χ4v) is 2.53. The smallest absolute Gasteiger partial charge is 0.240 e. The van der Waals surface area contributed by atoms with Crippen LogP contribution in [0.25, 0.3) is 0 Å². The van der Waals surface area contributed by atoms with Crippen molar-refractivity contribution >= 4 is 10.0 Å². The van der Waals surface area contributed by atoms with Gasteiger partial charge in [0.15, 0.2) is 0 Å². The van der Waals surface area contributed by atoms with Crippen molar-refractivity contribution in [3.8, 4) is 6.07 Å². The minimum Gasteiger partial charge on any atom is -0.283 e. The first-order valence-electron chi connectivity index (χ1n) is 5.51. The molecule has 0 bridgehead atoms. The summed E-state index contributed by atoms with van der Waals surface area (Å²) in [4.78, 5) is 0.132. The molecule has 0 spiro atoms. The number of aromatic amines is 1. The molecule has 0 amide bonds. The van der Waals surface area contributed by atoms with Crippen LogP contribution >= 0.6 is 0 Å². The van der Waals surface area contributed by atoms with E-state index in [2.05, 4.69) is 14.9 Å². The molecule has 6 nitrogen and oxygen atoms in total. The number of nitriles is 1. The fourth-order valence-electron chi connectivity index (χ4n) is 1.52. The summed E-state index contributed by atoms with van der Waals surface area (Å²) in [5.41, 5.74) is 2.03. The summed E-state index contributed by atoms with van der Waals surface area (Å²) in [6.45, 7) is 1.99. The summed E-state index contributed by atoms with van der Waals surface area (Å²) >= 11 is 0. The average molecular weight is 276 g/mol. The second-order valence-electron chi connectivity index (χ2n) is 3.98. The molecule has 1 aromatic carbocycles. The molecule has 0 saturated carbocycles. The number of sulfonamides is 1. The van der Waals surface area contributed by atoms with E-state index in [4.69, 9.17) is 5.26 Å². The van der Waals surface area contributed by atoms with Crippen LogP contribution in [0.3, 0.4) is 0 Å². The van der Waals surface area contributed by atoms with Crippen molar-refractivity contribution in [2.45, 2.75) is 18.4 Å². The molecule has 0 saturated heterocycles. The zero-order chi connectivity index (χ0) is 13.9. The predicted octanol–water partition coefficient (Wildman–Crippen LogP) is 1.07. The van der Waals surface area contributed by atoms with E-state index >= 15 is 0 Å². The second kappa shape index (κ2) is 5.22. The molecule has 0 fully saturated rings. The normalized spacial score (nSPS) is 11.2. The third-order valence-electron chi connectivity index (χ3n) is 2.68. The largest absolute Gasteiger partial charge is 0.283 e. The Hall–Kier alpha value is -2.17. The van der Waals surface area contributed by atoms with Crippen LogP contribution in [-0.2, 0) is 16.6 Å². The van der Waals surface area contributed by atoms with Crippen LogP contribution in [0.4, 0.5) is 0 Å². The molecule has 2 rings (SSSR count). The summed E-state index contributed by atoms with van der Waals surface area (Å²) in [5.74, 6) is 0. The highest BCUT2D eigenvalue weighted by atomic mass is 32.2. The Morgan fingerprint density at radius 3 is 2.58 bits per heavy atom. The van der Waals surface area contributed by atoms with Gasteiger partial charge >= 0.3 is 0 Å². The van der Waals surface area contributed by atoms with E-state index in [0.717, 1.165) is 11.3 Å². The lowest BCUT2D eigenvalue weighted by Gasteiger charge is -2.06. The first kappa shape index (κ1) is 13.3. The SMILES string of the molecule is Cc1[nH]ncc1CNS(=O)(=O)c1ccc(C#N)cc1. The average Bonchev–Trinajstić information content (AvgIpc) is 2.82. The molecule has 2 aromatic rings. The van der Waals surface area contributed by atoms with Crippen LogP contribution < -0.4 is 4.72 Å². The highest BCUT2D eigenvalue weighted by Gasteiger charge is 2.14. The topological polar surface area (TPSA) is 98.6 Å². The van der Waals surface area contributed by atoms with Crippen molar-refractivity contribution in [3.05, 3.63) is 47.3 Å². The van der Waals surface area contributed by atoms with Crippen LogP contribution in [0.2, 0.25) is 0 Å². The molecule has 0 aliphatic heterocycles. The van der Waals surface area contributed by atoms with Crippen LogP contribution in [-0.4, -0.2) is 18.6 Å². The number of aryl methyl sites for hydroxylation is 1. The highest BCUT2D eigenvalue weighted by Crippen LogP contribution is 2.11. The van der Waals surface area contributed by atoms with E-state index in [1.165, 1.54) is 24.3 Å². The maximum absolute atomic E-state index is 12.0. The molecule has 0 radical (unpaired) electrons. The number of nitrogens with one attached hydrogen (secondary N) is 2. The Morgan fingerprint density at radius 2 is 2.05 bits per heavy atom. The number of aromatic nitrogens is 2. The molecular weight excluding hydrogens is 264 g/mol. The van der Waals surface area contributed by atoms with E-state index in [9.17, 15) is 8.42 Å². The number of hydrogen-bond donors (Lipinski definition) is 2. The lowest BCUT2D eigenvalue weighted by atomic mass is 10.2. The number of H-pyrrole nitrogens is 1. The quantitative estimate of drug-likeness (QED) is 0.872. The van der Waals surface area contributed by atoms with Gasteiger partial charge in [-0.15, -0.1) is 0 Å². The number of nitrogens with zero attached hydrogens (tertiary/aromatic N) is 2. The lowest BCUT2D eigenvalue weighted by molar-refractivity contribution is 0.581. The maximum Gasteiger partial charge on any atom is 0.240 e. The van der Waals surface area contributed by atoms with Crippen LogP contribution in [0.5, 0.6) is 0 Å². The second-order valence-corrected chi connectivity index (χ2v) is 5.75. The first-order valence-corrected chi connectivity index (χ1v) is 7.00. The summed E-state index contributed by atoms with van der Waals surface area (Å²) in [7, 11) is -3.58. The van der Waals surface area contributed by atoms with Crippen molar-refractivity contribution in [2.24, 2.45) is 0 Å². The standard InChI is InChI=1S/C12H12N4O2S/c1-9-11(7-14-16-9)8-15-19(17,18)12-4-2-10(6-13)3-5-12/h2-5,7,15H,8H2,1H3,(H,14,16). The van der Waals surface area contributed by atoms with Gasteiger partial charge in [-0.25, -0.2) is 13.1 Å². The van der Waals surface area contributed by atoms with Gasteiger partial charge in [-0.3, -0.25) is 5.10 Å². The van der Waals surface area contributed by atoms with Gasteiger partial charge in [0.2, 0.25) is 10.0 Å². The van der Waals surface area contributed by atoms with Crippen molar-refractivity contribution in [2.75, 3.05) is 0 Å². The third kappa shape index (κ3) is 2.99. The maximum atomic E-state index is 12.0. The summed E-state index contributed by atoms with van der Waals surface area (Å²) in [6.07, 6.45) is 1.58. The Balaban J connectivity index is 2.14. The van der Waals surface area contributed by atoms with Crippen molar-refractivity contribution < 1.29 is 8.42 Å². The molecule has 0 aliphatic carbocycles. The van der Waals surface area contributed by atoms with Gasteiger partial charge in [0.05, 0.1) is 22.7 Å². The fraction of sp³-hybridized carbons (Fsp3) is 0.167. The van der Waals surface area contributed by atoms with E-state index in [0.29, 0.717) is 5.56 Å². The zero-order valence-electron chi connectivity index (χ0n) is 10.2. The number of benzene rings is 1. The minimum atomic E-state index is -3.58. The van der Waals surface area contributed by atoms with Crippen LogP contribution in [0, 0.1) is 18.3 Å². The van der Waals surface area contributed by atoms with Crippen LogP contribution in [0.1, 0.15) is 16.8 Å². The van der Waals surface area contributed by atoms with Crippen molar-refractivity contribution in [1.82, 2.24) is 14.9 Å². The molecule has 1 heterocycles. The monoisotopic (exact) mass is 276 g/mol. The molecule has 98 valence electrons. The minimum absolute atomic E-state index is 0.132. The van der Waals surface area contributed by atoms with Gasteiger partial charge in [0.1, 0.15) is 0 Å². The number of hydrogen-bond acceptors (Lipinski definition) is 4. The molecule has 1 aromatic heterocycles. The number of rotatable bonds is 4. The van der Waals surface area contributed by atoms with E-state index in [-0.39, 0.29) is 11.4 Å². The zero-order valence-corrected chi connectivity index (χ0v) is 11.0. The third-order valence-corrected chi connectivity index (χ3v) is 4.10. The predicted molar refractivity (Wildman–Crippen MR) is 68.5 cm³/mol. The summed E-state index contributed by atoms with van der Waals surface area (Å²) < 4.78 is 26.5. The van der Waals surface area contributed by atoms with E-state index in [1.54, 1.807) is 6.20 Å². The van der Waals surface area contributed by atoms with E-state index < -0.39 is 10.0 Å². The molecule has 2 N–H and O–H groups in total. The van der Waals surface area contributed by atoms with Gasteiger partial charge < -0.3 is 0 Å². The van der Waals surface area contributed by atoms with Gasteiger partial charge in [0.25, 0.3) is 0 Å². The highest BCUT2D eigenvalue weighted by molar-refractivity contribution is 7.89. The molecule has 19 heavy (non-hydrogen) atoms. The molecule has 0 aliphatic rings. The Kier molecular flexibility index (Phi) is 3.64. The van der Waals surface area contributed by atoms with Crippen molar-refractivity contribution in [1.29, 1.82) is 5.26 Å². The van der Waals surface area contributed by atoms with Gasteiger partial charge in [-0.2, -0.15) is 10.4 Å². The van der Waals surface area contributed by atoms with Gasteiger partial charge in [0, 0.05) is 17.8 Å². The Bertz CT molecular complexity index is 711. The van der Waals surface area contributed by atoms with Gasteiger partial charge in [-0.05, 0) is 31.2 Å². The Morgan fingerprint density at radius 1 is 1.37 bits per heavy atom. The molecule has 0 unspecified atom stereocenters. The molecule has 7 heteroatoms. The summed E-state index contributed by atoms with van der Waals surface area (Å²) in [6, 6.07) is 7.69. The summed E-state index contributed by atoms with van der Waals surface area (Å²) in [5, 5.41) is 15.2. The van der Waals surface area contributed by atoms with Crippen molar-refractivity contribution in [3.63, 3.8) is 0 Å². The van der Waals surface area contributed by atoms with Crippen LogP contribution in [0.15, 0.2) is 35.4 Å². The lowest BCUT2D eigenvalue weighted by Crippen LogP contribution is -2.23.